The molecule has 0 unspecified atom stereocenters. The lowest BCUT2D eigenvalue weighted by molar-refractivity contribution is 0.0781. The third-order valence-corrected chi connectivity index (χ3v) is 2.50. The molecule has 0 aliphatic carbocycles. The van der Waals surface area contributed by atoms with Crippen molar-refractivity contribution in [3.8, 4) is 0 Å². The summed E-state index contributed by atoms with van der Waals surface area (Å²) in [4.78, 5) is 5.49. The molecule has 1 aromatic carbocycles. The minimum absolute atomic E-state index is 0.684. The van der Waals surface area contributed by atoms with Crippen molar-refractivity contribution in [2.24, 2.45) is 0 Å². The van der Waals surface area contributed by atoms with Crippen LogP contribution < -0.4 is 10.8 Å². The molecule has 0 atom stereocenters. The van der Waals surface area contributed by atoms with Gasteiger partial charge in [0.25, 0.3) is 0 Å². The second-order valence-electron chi connectivity index (χ2n) is 3.35. The quantitative estimate of drug-likeness (QED) is 0.727. The molecule has 4 heteroatoms. The molecule has 1 aliphatic heterocycles. The second kappa shape index (κ2) is 4.07. The monoisotopic (exact) mass is 212 g/mol. The summed E-state index contributed by atoms with van der Waals surface area (Å²) in [6, 6.07) is 5.42. The molecule has 76 valence electrons. The van der Waals surface area contributed by atoms with Gasteiger partial charge in [-0.3, -0.25) is 9.90 Å². The molecule has 0 bridgehead atoms. The Kier molecular flexibility index (Phi) is 2.79. The van der Waals surface area contributed by atoms with Gasteiger partial charge in [0, 0.05) is 11.6 Å². The van der Waals surface area contributed by atoms with Crippen molar-refractivity contribution in [3.63, 3.8) is 0 Å². The molecule has 0 aromatic heterocycles. The van der Waals surface area contributed by atoms with E-state index in [2.05, 4.69) is 0 Å². The van der Waals surface area contributed by atoms with Gasteiger partial charge in [-0.05, 0) is 31.0 Å². The van der Waals surface area contributed by atoms with E-state index < -0.39 is 0 Å². The molecule has 1 aromatic rings. The summed E-state index contributed by atoms with van der Waals surface area (Å²) >= 11 is 5.90. The Morgan fingerprint density at radius 3 is 2.93 bits per heavy atom. The summed E-state index contributed by atoms with van der Waals surface area (Å²) in [5, 5.41) is 2.51. The number of anilines is 2. The van der Waals surface area contributed by atoms with Crippen molar-refractivity contribution >= 4 is 23.0 Å². The molecule has 0 saturated carbocycles. The van der Waals surface area contributed by atoms with Crippen LogP contribution in [0.25, 0.3) is 0 Å². The highest BCUT2D eigenvalue weighted by molar-refractivity contribution is 6.31. The first-order chi connectivity index (χ1) is 6.77. The molecule has 0 amide bonds. The highest BCUT2D eigenvalue weighted by Gasteiger charge is 2.14. The zero-order chi connectivity index (χ0) is 9.97. The Labute approximate surface area is 88.4 Å². The molecule has 0 radical (unpaired) electrons. The minimum Gasteiger partial charge on any atom is -0.397 e. The van der Waals surface area contributed by atoms with Crippen LogP contribution in [0.3, 0.4) is 0 Å². The summed E-state index contributed by atoms with van der Waals surface area (Å²) in [6.45, 7) is 1.64. The number of rotatable bonds is 1. The van der Waals surface area contributed by atoms with Gasteiger partial charge in [-0.15, -0.1) is 0 Å². The summed E-state index contributed by atoms with van der Waals surface area (Å²) in [7, 11) is 0. The molecule has 1 aliphatic rings. The van der Waals surface area contributed by atoms with E-state index in [1.165, 1.54) is 0 Å². The largest absolute Gasteiger partial charge is 0.397 e. The summed E-state index contributed by atoms with van der Waals surface area (Å²) in [6.07, 6.45) is 2.24. The number of nitrogens with two attached hydrogens (primary N) is 1. The van der Waals surface area contributed by atoms with Crippen LogP contribution in [0.5, 0.6) is 0 Å². The zero-order valence-electron chi connectivity index (χ0n) is 7.87. The number of nitrogen functional groups attached to an aromatic ring is 1. The first kappa shape index (κ1) is 9.62. The molecule has 1 fully saturated rings. The third kappa shape index (κ3) is 1.94. The molecule has 1 heterocycles. The number of halogens is 1. The van der Waals surface area contributed by atoms with Gasteiger partial charge in [0.05, 0.1) is 18.0 Å². The van der Waals surface area contributed by atoms with E-state index >= 15 is 0 Å². The highest BCUT2D eigenvalue weighted by Crippen LogP contribution is 2.28. The summed E-state index contributed by atoms with van der Waals surface area (Å²) in [5.41, 5.74) is 7.42. The van der Waals surface area contributed by atoms with E-state index in [1.54, 1.807) is 12.1 Å². The molecule has 14 heavy (non-hydrogen) atoms. The predicted molar refractivity (Wildman–Crippen MR) is 58.4 cm³/mol. The lowest BCUT2D eigenvalue weighted by Crippen LogP contribution is -2.30. The van der Waals surface area contributed by atoms with Crippen LogP contribution in [0, 0.1) is 0 Å². The van der Waals surface area contributed by atoms with Crippen LogP contribution >= 0.6 is 11.6 Å². The van der Waals surface area contributed by atoms with E-state index in [1.807, 2.05) is 11.1 Å². The maximum atomic E-state index is 5.90. The normalized spacial score (nSPS) is 17.1. The van der Waals surface area contributed by atoms with Crippen LogP contribution in [0.1, 0.15) is 12.8 Å². The van der Waals surface area contributed by atoms with Crippen molar-refractivity contribution in [1.82, 2.24) is 0 Å². The zero-order valence-corrected chi connectivity index (χ0v) is 8.63. The van der Waals surface area contributed by atoms with Crippen molar-refractivity contribution in [2.75, 3.05) is 23.9 Å². The van der Waals surface area contributed by atoms with Crippen molar-refractivity contribution in [3.05, 3.63) is 23.2 Å². The van der Waals surface area contributed by atoms with Crippen LogP contribution in [0.2, 0.25) is 5.02 Å². The fourth-order valence-corrected chi connectivity index (χ4v) is 1.69. The van der Waals surface area contributed by atoms with Gasteiger partial charge in [-0.1, -0.05) is 11.6 Å². The Morgan fingerprint density at radius 2 is 2.21 bits per heavy atom. The Morgan fingerprint density at radius 1 is 1.36 bits per heavy atom. The lowest BCUT2D eigenvalue weighted by Gasteiger charge is -2.28. The number of benzene rings is 1. The molecule has 1 saturated heterocycles. The predicted octanol–water partition coefficient (Wildman–Crippen LogP) is 2.45. The van der Waals surface area contributed by atoms with Gasteiger partial charge in [0.1, 0.15) is 0 Å². The van der Waals surface area contributed by atoms with Gasteiger partial charge in [-0.2, -0.15) is 0 Å². The van der Waals surface area contributed by atoms with E-state index in [9.17, 15) is 0 Å². The fourth-order valence-electron chi connectivity index (χ4n) is 1.52. The lowest BCUT2D eigenvalue weighted by atomic mass is 10.2. The van der Waals surface area contributed by atoms with Crippen molar-refractivity contribution in [2.45, 2.75) is 12.8 Å². The van der Waals surface area contributed by atoms with Crippen molar-refractivity contribution in [1.29, 1.82) is 0 Å². The fraction of sp³-hybridized carbons (Fsp3) is 0.400. The maximum Gasteiger partial charge on any atom is 0.0880 e. The SMILES string of the molecule is Nc1ccc(Cl)cc1N1CCCCO1. The first-order valence-corrected chi connectivity index (χ1v) is 5.10. The first-order valence-electron chi connectivity index (χ1n) is 4.73. The molecule has 2 N–H and O–H groups in total. The molecular weight excluding hydrogens is 200 g/mol. The molecular formula is C10H13ClN2O. The molecule has 2 rings (SSSR count). The highest BCUT2D eigenvalue weighted by atomic mass is 35.5. The topological polar surface area (TPSA) is 38.5 Å². The van der Waals surface area contributed by atoms with E-state index in [-0.39, 0.29) is 0 Å². The minimum atomic E-state index is 0.684. The number of nitrogens with zero attached hydrogens (tertiary/aromatic N) is 1. The van der Waals surface area contributed by atoms with Crippen LogP contribution in [-0.2, 0) is 4.84 Å². The summed E-state index contributed by atoms with van der Waals surface area (Å²) in [5.74, 6) is 0. The Bertz CT molecular complexity index is 324. The van der Waals surface area contributed by atoms with Gasteiger partial charge in [0.2, 0.25) is 0 Å². The van der Waals surface area contributed by atoms with E-state index in [0.717, 1.165) is 31.7 Å². The number of hydrogen-bond donors (Lipinski definition) is 1. The number of hydrogen-bond acceptors (Lipinski definition) is 3. The average molecular weight is 213 g/mol. The Hall–Kier alpha value is -0.930. The maximum absolute atomic E-state index is 5.90. The van der Waals surface area contributed by atoms with E-state index in [0.29, 0.717) is 10.7 Å². The average Bonchev–Trinajstić information content (AvgIpc) is 2.23. The standard InChI is InChI=1S/C10H13ClN2O/c11-8-3-4-9(12)10(7-8)13-5-1-2-6-14-13/h3-4,7H,1-2,5-6,12H2. The second-order valence-corrected chi connectivity index (χ2v) is 3.78. The Balaban J connectivity index is 2.24. The van der Waals surface area contributed by atoms with Crippen LogP contribution in [-0.4, -0.2) is 13.2 Å². The van der Waals surface area contributed by atoms with Gasteiger partial charge in [-0.25, -0.2) is 0 Å². The van der Waals surface area contributed by atoms with Crippen LogP contribution in [0.4, 0.5) is 11.4 Å². The van der Waals surface area contributed by atoms with E-state index in [4.69, 9.17) is 22.2 Å². The van der Waals surface area contributed by atoms with Gasteiger partial charge < -0.3 is 5.73 Å². The number of hydroxylamine groups is 1. The van der Waals surface area contributed by atoms with Gasteiger partial charge >= 0.3 is 0 Å². The van der Waals surface area contributed by atoms with Gasteiger partial charge in [0.15, 0.2) is 0 Å². The third-order valence-electron chi connectivity index (χ3n) is 2.26. The molecule has 0 spiro atoms. The molecule has 3 nitrogen and oxygen atoms in total. The summed E-state index contributed by atoms with van der Waals surface area (Å²) < 4.78 is 0. The smallest absolute Gasteiger partial charge is 0.0880 e. The van der Waals surface area contributed by atoms with Crippen molar-refractivity contribution < 1.29 is 4.84 Å². The van der Waals surface area contributed by atoms with Crippen LogP contribution in [0.15, 0.2) is 18.2 Å².